The van der Waals surface area contributed by atoms with Gasteiger partial charge >= 0.3 is 5.97 Å². The van der Waals surface area contributed by atoms with E-state index in [0.717, 1.165) is 6.08 Å². The van der Waals surface area contributed by atoms with E-state index in [1.54, 1.807) is 13.8 Å². The van der Waals surface area contributed by atoms with Crippen LogP contribution in [0.3, 0.4) is 0 Å². The standard InChI is InChI=1S/C9H14O4/c1-6-7(4-5-8(10)11)13-9(2,3)12-6/h4-7H,1-3H3,(H,10,11)/b5-4+/t6-,7-/m1/s1. The highest BCUT2D eigenvalue weighted by Crippen LogP contribution is 2.28. The van der Waals surface area contributed by atoms with Crippen molar-refractivity contribution in [1.82, 2.24) is 0 Å². The van der Waals surface area contributed by atoms with Gasteiger partial charge in [0.05, 0.1) is 6.10 Å². The van der Waals surface area contributed by atoms with Gasteiger partial charge in [-0.15, -0.1) is 0 Å². The van der Waals surface area contributed by atoms with Gasteiger partial charge in [-0.3, -0.25) is 0 Å². The van der Waals surface area contributed by atoms with Crippen molar-refractivity contribution in [3.63, 3.8) is 0 Å². The molecular formula is C9H14O4. The summed E-state index contributed by atoms with van der Waals surface area (Å²) in [5.74, 6) is -1.59. The van der Waals surface area contributed by atoms with Crippen LogP contribution < -0.4 is 0 Å². The van der Waals surface area contributed by atoms with Gasteiger partial charge in [-0.1, -0.05) is 0 Å². The summed E-state index contributed by atoms with van der Waals surface area (Å²) in [6.45, 7) is 5.46. The monoisotopic (exact) mass is 186 g/mol. The Balaban J connectivity index is 2.58. The van der Waals surface area contributed by atoms with Gasteiger partial charge in [0.25, 0.3) is 0 Å². The molecule has 0 saturated carbocycles. The zero-order chi connectivity index (χ0) is 10.1. The van der Waals surface area contributed by atoms with Gasteiger partial charge in [-0.2, -0.15) is 0 Å². The van der Waals surface area contributed by atoms with Crippen molar-refractivity contribution >= 4 is 5.97 Å². The van der Waals surface area contributed by atoms with Crippen molar-refractivity contribution in [1.29, 1.82) is 0 Å². The molecule has 0 bridgehead atoms. The zero-order valence-corrected chi connectivity index (χ0v) is 7.98. The first kappa shape index (κ1) is 10.2. The van der Waals surface area contributed by atoms with E-state index in [2.05, 4.69) is 0 Å². The van der Waals surface area contributed by atoms with Crippen LogP contribution in [0.5, 0.6) is 0 Å². The van der Waals surface area contributed by atoms with E-state index in [4.69, 9.17) is 14.6 Å². The summed E-state index contributed by atoms with van der Waals surface area (Å²) in [7, 11) is 0. The molecule has 0 aromatic rings. The van der Waals surface area contributed by atoms with Crippen molar-refractivity contribution < 1.29 is 19.4 Å². The van der Waals surface area contributed by atoms with E-state index in [0.29, 0.717) is 0 Å². The Bertz CT molecular complexity index is 232. The molecule has 13 heavy (non-hydrogen) atoms. The molecule has 0 aliphatic carbocycles. The molecule has 1 aliphatic rings. The van der Waals surface area contributed by atoms with Crippen molar-refractivity contribution in [2.24, 2.45) is 0 Å². The minimum atomic E-state index is -0.972. The average molecular weight is 186 g/mol. The third kappa shape index (κ3) is 2.82. The summed E-state index contributed by atoms with van der Waals surface area (Å²) >= 11 is 0. The molecule has 0 radical (unpaired) electrons. The molecule has 1 rings (SSSR count). The molecule has 4 heteroatoms. The predicted octanol–water partition coefficient (Wildman–Crippen LogP) is 1.17. The van der Waals surface area contributed by atoms with E-state index in [-0.39, 0.29) is 12.2 Å². The molecule has 0 unspecified atom stereocenters. The molecule has 0 aromatic carbocycles. The first-order chi connectivity index (χ1) is 5.91. The number of carboxylic acids is 1. The molecule has 1 saturated heterocycles. The number of hydrogen-bond donors (Lipinski definition) is 1. The van der Waals surface area contributed by atoms with Gasteiger partial charge in [0.1, 0.15) is 6.10 Å². The molecule has 2 atom stereocenters. The fourth-order valence-electron chi connectivity index (χ4n) is 1.34. The lowest BCUT2D eigenvalue weighted by Crippen LogP contribution is -2.20. The molecule has 74 valence electrons. The number of ether oxygens (including phenoxy) is 2. The summed E-state index contributed by atoms with van der Waals surface area (Å²) in [6.07, 6.45) is 2.20. The summed E-state index contributed by atoms with van der Waals surface area (Å²) < 4.78 is 10.9. The molecular weight excluding hydrogens is 172 g/mol. The van der Waals surface area contributed by atoms with Gasteiger partial charge in [0.2, 0.25) is 0 Å². The highest BCUT2D eigenvalue weighted by atomic mass is 16.7. The summed E-state index contributed by atoms with van der Waals surface area (Å²) in [5, 5.41) is 8.41. The second-order valence-corrected chi connectivity index (χ2v) is 3.50. The van der Waals surface area contributed by atoms with E-state index < -0.39 is 11.8 Å². The number of hydrogen-bond acceptors (Lipinski definition) is 3. The van der Waals surface area contributed by atoms with Crippen molar-refractivity contribution in [3.05, 3.63) is 12.2 Å². The molecule has 1 aliphatic heterocycles. The second-order valence-electron chi connectivity index (χ2n) is 3.50. The van der Waals surface area contributed by atoms with Crippen molar-refractivity contribution in [3.8, 4) is 0 Å². The van der Waals surface area contributed by atoms with Crippen molar-refractivity contribution in [2.75, 3.05) is 0 Å². The van der Waals surface area contributed by atoms with E-state index in [9.17, 15) is 4.79 Å². The van der Waals surface area contributed by atoms with E-state index in [1.165, 1.54) is 6.08 Å². The summed E-state index contributed by atoms with van der Waals surface area (Å²) in [6, 6.07) is 0. The Morgan fingerprint density at radius 2 is 2.08 bits per heavy atom. The van der Waals surface area contributed by atoms with Crippen LogP contribution in [0.25, 0.3) is 0 Å². The van der Waals surface area contributed by atoms with Crippen LogP contribution in [0.15, 0.2) is 12.2 Å². The molecule has 0 aromatic heterocycles. The van der Waals surface area contributed by atoms with Crippen LogP contribution in [-0.4, -0.2) is 29.1 Å². The Kier molecular flexibility index (Phi) is 2.73. The smallest absolute Gasteiger partial charge is 0.328 e. The molecule has 1 heterocycles. The maximum absolute atomic E-state index is 10.2. The summed E-state index contributed by atoms with van der Waals surface area (Å²) in [5.41, 5.74) is 0. The molecule has 0 spiro atoms. The first-order valence-corrected chi connectivity index (χ1v) is 4.17. The minimum Gasteiger partial charge on any atom is -0.478 e. The Morgan fingerprint density at radius 3 is 2.46 bits per heavy atom. The van der Waals surface area contributed by atoms with Crippen LogP contribution >= 0.6 is 0 Å². The van der Waals surface area contributed by atoms with Crippen LogP contribution in [-0.2, 0) is 14.3 Å². The fourth-order valence-corrected chi connectivity index (χ4v) is 1.34. The number of rotatable bonds is 2. The van der Waals surface area contributed by atoms with Crippen LogP contribution in [0.1, 0.15) is 20.8 Å². The van der Waals surface area contributed by atoms with Gasteiger partial charge in [0.15, 0.2) is 5.79 Å². The topological polar surface area (TPSA) is 55.8 Å². The lowest BCUT2D eigenvalue weighted by atomic mass is 10.2. The molecule has 0 amide bonds. The molecule has 1 N–H and O–H groups in total. The predicted molar refractivity (Wildman–Crippen MR) is 46.3 cm³/mol. The average Bonchev–Trinajstić information content (AvgIpc) is 2.20. The fraction of sp³-hybridized carbons (Fsp3) is 0.667. The summed E-state index contributed by atoms with van der Waals surface area (Å²) in [4.78, 5) is 10.2. The SMILES string of the molecule is C[C@H]1OC(C)(C)O[C@@H]1/C=C/C(=O)O. The van der Waals surface area contributed by atoms with E-state index >= 15 is 0 Å². The third-order valence-electron chi connectivity index (χ3n) is 1.78. The van der Waals surface area contributed by atoms with Crippen molar-refractivity contribution in [2.45, 2.75) is 38.8 Å². The lowest BCUT2D eigenvalue weighted by molar-refractivity contribution is -0.141. The Hall–Kier alpha value is -0.870. The molecule has 4 nitrogen and oxygen atoms in total. The maximum atomic E-state index is 10.2. The molecule has 1 fully saturated rings. The normalized spacial score (nSPS) is 32.5. The second kappa shape index (κ2) is 3.47. The lowest BCUT2D eigenvalue weighted by Gasteiger charge is -2.15. The largest absolute Gasteiger partial charge is 0.478 e. The van der Waals surface area contributed by atoms with Gasteiger partial charge in [0, 0.05) is 6.08 Å². The number of carbonyl (C=O) groups is 1. The van der Waals surface area contributed by atoms with E-state index in [1.807, 2.05) is 6.92 Å². The first-order valence-electron chi connectivity index (χ1n) is 4.17. The van der Waals surface area contributed by atoms with Gasteiger partial charge < -0.3 is 14.6 Å². The zero-order valence-electron chi connectivity index (χ0n) is 7.98. The Morgan fingerprint density at radius 1 is 1.46 bits per heavy atom. The number of aliphatic carboxylic acids is 1. The van der Waals surface area contributed by atoms with Crippen LogP contribution in [0, 0.1) is 0 Å². The third-order valence-corrected chi connectivity index (χ3v) is 1.78. The highest BCUT2D eigenvalue weighted by Gasteiger charge is 2.37. The minimum absolute atomic E-state index is 0.106. The van der Waals surface area contributed by atoms with Gasteiger partial charge in [-0.25, -0.2) is 4.79 Å². The highest BCUT2D eigenvalue weighted by molar-refractivity contribution is 5.79. The maximum Gasteiger partial charge on any atom is 0.328 e. The quantitative estimate of drug-likeness (QED) is 0.657. The van der Waals surface area contributed by atoms with Gasteiger partial charge in [-0.05, 0) is 26.8 Å². The number of carboxylic acid groups (broad SMARTS) is 1. The van der Waals surface area contributed by atoms with Crippen LogP contribution in [0.4, 0.5) is 0 Å². The Labute approximate surface area is 77.1 Å². The van der Waals surface area contributed by atoms with Crippen LogP contribution in [0.2, 0.25) is 0 Å².